The predicted molar refractivity (Wildman–Crippen MR) is 65.9 cm³/mol. The van der Waals surface area contributed by atoms with E-state index in [0.717, 1.165) is 5.33 Å². The molecule has 15 heavy (non-hydrogen) atoms. The van der Waals surface area contributed by atoms with E-state index in [-0.39, 0.29) is 6.04 Å². The van der Waals surface area contributed by atoms with Gasteiger partial charge in [0.1, 0.15) is 0 Å². The molecule has 0 aliphatic heterocycles. The summed E-state index contributed by atoms with van der Waals surface area (Å²) in [4.78, 5) is 0. The predicted octanol–water partition coefficient (Wildman–Crippen LogP) is 1.50. The van der Waals surface area contributed by atoms with Crippen molar-refractivity contribution in [2.45, 2.75) is 38.0 Å². The molecule has 0 saturated heterocycles. The van der Waals surface area contributed by atoms with Crippen LogP contribution in [0.15, 0.2) is 0 Å². The van der Waals surface area contributed by atoms with Crippen molar-refractivity contribution in [1.29, 1.82) is 0 Å². The number of rotatable bonds is 6. The highest BCUT2D eigenvalue weighted by atomic mass is 79.9. The molecule has 0 aromatic heterocycles. The maximum absolute atomic E-state index is 11.8. The first-order valence-corrected chi connectivity index (χ1v) is 7.42. The van der Waals surface area contributed by atoms with Crippen LogP contribution in [0.1, 0.15) is 27.2 Å². The van der Waals surface area contributed by atoms with Crippen LogP contribution in [-0.2, 0) is 14.8 Å². The minimum Gasteiger partial charge on any atom is -0.383 e. The molecule has 0 saturated carbocycles. The fraction of sp³-hybridized carbons (Fsp3) is 1.00. The van der Waals surface area contributed by atoms with Gasteiger partial charge in [0.05, 0.1) is 11.4 Å². The van der Waals surface area contributed by atoms with E-state index >= 15 is 0 Å². The summed E-state index contributed by atoms with van der Waals surface area (Å²) < 4.78 is 30.5. The van der Waals surface area contributed by atoms with E-state index in [1.165, 1.54) is 0 Å². The van der Waals surface area contributed by atoms with Crippen LogP contribution in [0, 0.1) is 0 Å². The first-order chi connectivity index (χ1) is 6.74. The summed E-state index contributed by atoms with van der Waals surface area (Å²) in [7, 11) is -1.73. The van der Waals surface area contributed by atoms with Gasteiger partial charge in [-0.25, -0.2) is 13.1 Å². The van der Waals surface area contributed by atoms with E-state index in [2.05, 4.69) is 20.7 Å². The lowest BCUT2D eigenvalue weighted by Gasteiger charge is -2.24. The number of nitrogens with one attached hydrogen (secondary N) is 1. The molecule has 0 spiro atoms. The molecule has 0 aliphatic carbocycles. The third-order valence-electron chi connectivity index (χ3n) is 1.95. The summed E-state index contributed by atoms with van der Waals surface area (Å²) >= 11 is 3.29. The fourth-order valence-corrected chi connectivity index (χ4v) is 2.44. The van der Waals surface area contributed by atoms with Crippen molar-refractivity contribution in [1.82, 2.24) is 4.72 Å². The Balaban J connectivity index is 4.53. The fourth-order valence-electron chi connectivity index (χ4n) is 0.905. The molecule has 0 aromatic carbocycles. The van der Waals surface area contributed by atoms with Crippen LogP contribution in [0.2, 0.25) is 0 Å². The van der Waals surface area contributed by atoms with Crippen LogP contribution < -0.4 is 4.72 Å². The van der Waals surface area contributed by atoms with Crippen LogP contribution in [0.4, 0.5) is 0 Å². The van der Waals surface area contributed by atoms with Crippen LogP contribution in [0.25, 0.3) is 0 Å². The van der Waals surface area contributed by atoms with Gasteiger partial charge in [0.15, 0.2) is 0 Å². The minimum atomic E-state index is -3.29. The molecule has 6 heteroatoms. The second-order valence-electron chi connectivity index (χ2n) is 4.36. The number of sulfonamides is 1. The average Bonchev–Trinajstić information content (AvgIpc) is 2.02. The van der Waals surface area contributed by atoms with Crippen molar-refractivity contribution in [2.75, 3.05) is 19.0 Å². The zero-order valence-corrected chi connectivity index (χ0v) is 12.1. The Bertz CT molecular complexity index is 266. The number of alkyl halides is 1. The quantitative estimate of drug-likeness (QED) is 0.757. The van der Waals surface area contributed by atoms with Gasteiger partial charge in [-0.2, -0.15) is 0 Å². The normalized spacial score (nSPS) is 15.3. The van der Waals surface area contributed by atoms with Crippen molar-refractivity contribution >= 4 is 26.0 Å². The monoisotopic (exact) mass is 301 g/mol. The molecule has 4 nitrogen and oxygen atoms in total. The highest BCUT2D eigenvalue weighted by molar-refractivity contribution is 9.09. The summed E-state index contributed by atoms with van der Waals surface area (Å²) in [5.74, 6) is 0. The lowest BCUT2D eigenvalue weighted by atomic mass is 10.3. The molecular weight excluding hydrogens is 282 g/mol. The van der Waals surface area contributed by atoms with E-state index in [4.69, 9.17) is 4.74 Å². The van der Waals surface area contributed by atoms with Gasteiger partial charge in [-0.15, -0.1) is 0 Å². The van der Waals surface area contributed by atoms with Gasteiger partial charge >= 0.3 is 0 Å². The van der Waals surface area contributed by atoms with E-state index in [0.29, 0.717) is 13.0 Å². The largest absolute Gasteiger partial charge is 0.383 e. The van der Waals surface area contributed by atoms with Crippen LogP contribution in [-0.4, -0.2) is 38.3 Å². The second kappa shape index (κ2) is 6.18. The summed E-state index contributed by atoms with van der Waals surface area (Å²) in [5.41, 5.74) is 0. The maximum atomic E-state index is 11.8. The second-order valence-corrected chi connectivity index (χ2v) is 7.62. The van der Waals surface area contributed by atoms with Crippen molar-refractivity contribution in [3.63, 3.8) is 0 Å². The van der Waals surface area contributed by atoms with Gasteiger partial charge in [-0.05, 0) is 27.2 Å². The van der Waals surface area contributed by atoms with Crippen molar-refractivity contribution in [3.05, 3.63) is 0 Å². The smallest absolute Gasteiger partial charge is 0.216 e. The van der Waals surface area contributed by atoms with Crippen LogP contribution >= 0.6 is 15.9 Å². The first kappa shape index (κ1) is 15.3. The van der Waals surface area contributed by atoms with E-state index in [9.17, 15) is 8.42 Å². The Morgan fingerprint density at radius 2 is 1.93 bits per heavy atom. The third kappa shape index (κ3) is 5.29. The number of hydrogen-bond donors (Lipinski definition) is 1. The van der Waals surface area contributed by atoms with Gasteiger partial charge in [-0.3, -0.25) is 0 Å². The molecule has 0 rings (SSSR count). The molecule has 0 aromatic rings. The first-order valence-electron chi connectivity index (χ1n) is 4.81. The van der Waals surface area contributed by atoms with E-state index < -0.39 is 14.8 Å². The number of hydrogen-bond acceptors (Lipinski definition) is 3. The number of methoxy groups -OCH3 is 1. The molecule has 0 bridgehead atoms. The molecule has 1 atom stereocenters. The van der Waals surface area contributed by atoms with E-state index in [1.54, 1.807) is 27.9 Å². The maximum Gasteiger partial charge on any atom is 0.216 e. The lowest BCUT2D eigenvalue weighted by molar-refractivity contribution is 0.173. The van der Waals surface area contributed by atoms with Crippen molar-refractivity contribution in [2.24, 2.45) is 0 Å². The Hall–Kier alpha value is 0.350. The number of halogens is 1. The average molecular weight is 302 g/mol. The molecule has 1 unspecified atom stereocenters. The van der Waals surface area contributed by atoms with Gasteiger partial charge < -0.3 is 4.74 Å². The molecule has 0 aliphatic rings. The van der Waals surface area contributed by atoms with Gasteiger partial charge in [0.25, 0.3) is 0 Å². The Morgan fingerprint density at radius 1 is 1.40 bits per heavy atom. The van der Waals surface area contributed by atoms with Crippen LogP contribution in [0.5, 0.6) is 0 Å². The topological polar surface area (TPSA) is 55.4 Å². The third-order valence-corrected chi connectivity index (χ3v) is 4.67. The lowest BCUT2D eigenvalue weighted by Crippen LogP contribution is -2.46. The molecular formula is C9H20BrNO3S. The standard InChI is InChI=1S/C9H20BrNO3S/c1-9(2,3)15(12,13)11-8(5-6-10)7-14-4/h8,11H,5-7H2,1-4H3. The van der Waals surface area contributed by atoms with Gasteiger partial charge in [0.2, 0.25) is 10.0 Å². The highest BCUT2D eigenvalue weighted by Crippen LogP contribution is 2.14. The molecule has 0 fully saturated rings. The summed E-state index contributed by atoms with van der Waals surface area (Å²) in [6.07, 6.45) is 0.711. The SMILES string of the molecule is COCC(CCBr)NS(=O)(=O)C(C)(C)C. The van der Waals surface area contributed by atoms with Crippen molar-refractivity contribution in [3.8, 4) is 0 Å². The Morgan fingerprint density at radius 3 is 2.27 bits per heavy atom. The molecule has 1 N–H and O–H groups in total. The zero-order chi connectivity index (χ0) is 12.1. The summed E-state index contributed by atoms with van der Waals surface area (Å²) in [6, 6.07) is -0.168. The van der Waals surface area contributed by atoms with Gasteiger partial charge in [0, 0.05) is 18.5 Å². The minimum absolute atomic E-state index is 0.168. The molecule has 0 amide bonds. The van der Waals surface area contributed by atoms with Gasteiger partial charge in [-0.1, -0.05) is 15.9 Å². The molecule has 92 valence electrons. The molecule has 0 radical (unpaired) electrons. The summed E-state index contributed by atoms with van der Waals surface area (Å²) in [6.45, 7) is 5.41. The summed E-state index contributed by atoms with van der Waals surface area (Å²) in [5, 5.41) is 0.744. The van der Waals surface area contributed by atoms with Crippen LogP contribution in [0.3, 0.4) is 0 Å². The van der Waals surface area contributed by atoms with E-state index in [1.807, 2.05) is 0 Å². The number of ether oxygens (including phenoxy) is 1. The Labute approximate surface area is 101 Å². The Kier molecular flexibility index (Phi) is 6.32. The highest BCUT2D eigenvalue weighted by Gasteiger charge is 2.30. The van der Waals surface area contributed by atoms with Crippen molar-refractivity contribution < 1.29 is 13.2 Å². The molecule has 0 heterocycles. The zero-order valence-electron chi connectivity index (χ0n) is 9.71.